The number of hydrogen-bond acceptors (Lipinski definition) is 4. The number of rotatable bonds is 7. The highest BCUT2D eigenvalue weighted by atomic mass is 16.2. The first-order valence-corrected chi connectivity index (χ1v) is 8.49. The zero-order valence-corrected chi connectivity index (χ0v) is 15.8. The molecule has 0 spiro atoms. The Morgan fingerprint density at radius 2 is 1.96 bits per heavy atom. The van der Waals surface area contributed by atoms with Gasteiger partial charge in [0.15, 0.2) is 0 Å². The fourth-order valence-electron chi connectivity index (χ4n) is 2.11. The molecule has 0 aromatic heterocycles. The normalized spacial score (nSPS) is 10.7. The molecule has 0 aliphatic carbocycles. The third kappa shape index (κ3) is 6.46. The van der Waals surface area contributed by atoms with Gasteiger partial charge in [-0.15, -0.1) is 0 Å². The molecule has 25 heavy (non-hydrogen) atoms. The molecule has 1 aromatic carbocycles. The Bertz CT molecular complexity index is 656. The fraction of sp³-hybridized carbons (Fsp3) is 0.526. The lowest BCUT2D eigenvalue weighted by molar-refractivity contribution is -0.129. The SMILES string of the molecule is CCN(CCC#N)C(=O)CNc1ccc(C)c(NC(=O)C(C)(C)C)c1. The number of nitrogens with one attached hydrogen (secondary N) is 2. The summed E-state index contributed by atoms with van der Waals surface area (Å²) < 4.78 is 0. The molecule has 0 aliphatic heterocycles. The summed E-state index contributed by atoms with van der Waals surface area (Å²) in [5.74, 6) is -0.115. The number of amides is 2. The lowest BCUT2D eigenvalue weighted by Gasteiger charge is -2.21. The number of anilines is 2. The summed E-state index contributed by atoms with van der Waals surface area (Å²) in [6, 6.07) is 7.66. The second kappa shape index (κ2) is 9.07. The molecule has 0 unspecified atom stereocenters. The first-order chi connectivity index (χ1) is 11.7. The maximum atomic E-state index is 12.2. The summed E-state index contributed by atoms with van der Waals surface area (Å²) in [7, 11) is 0. The van der Waals surface area contributed by atoms with E-state index in [4.69, 9.17) is 5.26 Å². The molecular formula is C19H28N4O2. The number of carbonyl (C=O) groups excluding carboxylic acids is 2. The van der Waals surface area contributed by atoms with Crippen LogP contribution in [-0.4, -0.2) is 36.3 Å². The summed E-state index contributed by atoms with van der Waals surface area (Å²) in [5, 5.41) is 14.7. The van der Waals surface area contributed by atoms with E-state index in [1.54, 1.807) is 4.90 Å². The zero-order chi connectivity index (χ0) is 19.0. The number of nitriles is 1. The van der Waals surface area contributed by atoms with E-state index >= 15 is 0 Å². The second-order valence-electron chi connectivity index (χ2n) is 6.97. The van der Waals surface area contributed by atoms with Crippen LogP contribution in [-0.2, 0) is 9.59 Å². The molecule has 0 aliphatic rings. The van der Waals surface area contributed by atoms with Crippen LogP contribution in [0.4, 0.5) is 11.4 Å². The van der Waals surface area contributed by atoms with E-state index in [0.29, 0.717) is 19.5 Å². The number of hydrogen-bond donors (Lipinski definition) is 2. The molecule has 0 atom stereocenters. The van der Waals surface area contributed by atoms with Gasteiger partial charge in [0.2, 0.25) is 11.8 Å². The van der Waals surface area contributed by atoms with Crippen molar-refractivity contribution in [3.8, 4) is 6.07 Å². The standard InChI is InChI=1S/C19H28N4O2/c1-6-23(11-7-10-20)17(24)13-21-15-9-8-14(2)16(12-15)22-18(25)19(3,4)5/h8-9,12,21H,6-7,11,13H2,1-5H3,(H,22,25). The van der Waals surface area contributed by atoms with Gasteiger partial charge < -0.3 is 15.5 Å². The van der Waals surface area contributed by atoms with E-state index in [2.05, 4.69) is 16.7 Å². The van der Waals surface area contributed by atoms with Crippen molar-refractivity contribution in [2.24, 2.45) is 5.41 Å². The topological polar surface area (TPSA) is 85.2 Å². The molecule has 0 heterocycles. The van der Waals surface area contributed by atoms with Crippen LogP contribution in [0.3, 0.4) is 0 Å². The minimum Gasteiger partial charge on any atom is -0.376 e. The van der Waals surface area contributed by atoms with E-state index in [-0.39, 0.29) is 18.4 Å². The van der Waals surface area contributed by atoms with Crippen molar-refractivity contribution in [3.63, 3.8) is 0 Å². The van der Waals surface area contributed by atoms with E-state index in [0.717, 1.165) is 16.9 Å². The molecule has 0 bridgehead atoms. The van der Waals surface area contributed by atoms with E-state index in [1.807, 2.05) is 52.8 Å². The molecule has 1 rings (SSSR count). The first kappa shape index (κ1) is 20.5. The largest absolute Gasteiger partial charge is 0.376 e. The molecule has 0 radical (unpaired) electrons. The third-order valence-corrected chi connectivity index (χ3v) is 3.84. The zero-order valence-electron chi connectivity index (χ0n) is 15.8. The molecule has 0 saturated carbocycles. The minimum atomic E-state index is -0.478. The molecule has 1 aromatic rings. The van der Waals surface area contributed by atoms with Crippen LogP contribution < -0.4 is 10.6 Å². The predicted octanol–water partition coefficient (Wildman–Crippen LogP) is 3.15. The maximum Gasteiger partial charge on any atom is 0.241 e. The summed E-state index contributed by atoms with van der Waals surface area (Å²) in [6.45, 7) is 10.6. The number of nitrogens with zero attached hydrogens (tertiary/aromatic N) is 2. The molecule has 2 N–H and O–H groups in total. The second-order valence-corrected chi connectivity index (χ2v) is 6.97. The highest BCUT2D eigenvalue weighted by Gasteiger charge is 2.21. The molecule has 0 fully saturated rings. The van der Waals surface area contributed by atoms with Gasteiger partial charge in [0.25, 0.3) is 0 Å². The summed E-state index contributed by atoms with van der Waals surface area (Å²) in [6.07, 6.45) is 0.326. The van der Waals surface area contributed by atoms with Gasteiger partial charge in [0.05, 0.1) is 19.0 Å². The lowest BCUT2D eigenvalue weighted by Crippen LogP contribution is -2.36. The van der Waals surface area contributed by atoms with Crippen molar-refractivity contribution >= 4 is 23.2 Å². The highest BCUT2D eigenvalue weighted by molar-refractivity contribution is 5.95. The van der Waals surface area contributed by atoms with Crippen LogP contribution in [0.1, 0.15) is 39.7 Å². The van der Waals surface area contributed by atoms with Gasteiger partial charge in [0.1, 0.15) is 0 Å². The predicted molar refractivity (Wildman–Crippen MR) is 100 cm³/mol. The van der Waals surface area contributed by atoms with Crippen LogP contribution >= 0.6 is 0 Å². The number of likely N-dealkylation sites (N-methyl/N-ethyl adjacent to an activating group) is 1. The van der Waals surface area contributed by atoms with Crippen LogP contribution in [0, 0.1) is 23.7 Å². The van der Waals surface area contributed by atoms with Crippen LogP contribution in [0.25, 0.3) is 0 Å². The third-order valence-electron chi connectivity index (χ3n) is 3.84. The summed E-state index contributed by atoms with van der Waals surface area (Å²) in [4.78, 5) is 26.0. The Hall–Kier alpha value is -2.55. The Labute approximate surface area is 150 Å². The molecule has 0 saturated heterocycles. The van der Waals surface area contributed by atoms with Gasteiger partial charge in [-0.2, -0.15) is 5.26 Å². The fourth-order valence-corrected chi connectivity index (χ4v) is 2.11. The van der Waals surface area contributed by atoms with Crippen LogP contribution in [0.5, 0.6) is 0 Å². The maximum absolute atomic E-state index is 12.2. The van der Waals surface area contributed by atoms with E-state index in [1.165, 1.54) is 0 Å². The first-order valence-electron chi connectivity index (χ1n) is 8.49. The highest BCUT2D eigenvalue weighted by Crippen LogP contribution is 2.23. The quantitative estimate of drug-likeness (QED) is 0.795. The smallest absolute Gasteiger partial charge is 0.241 e. The van der Waals surface area contributed by atoms with Gasteiger partial charge in [-0.1, -0.05) is 26.8 Å². The van der Waals surface area contributed by atoms with E-state index < -0.39 is 5.41 Å². The molecule has 6 heteroatoms. The van der Waals surface area contributed by atoms with Crippen molar-refractivity contribution in [2.45, 2.75) is 41.0 Å². The van der Waals surface area contributed by atoms with Crippen molar-refractivity contribution < 1.29 is 9.59 Å². The Morgan fingerprint density at radius 3 is 2.52 bits per heavy atom. The Kier molecular flexibility index (Phi) is 7.43. The average Bonchev–Trinajstić information content (AvgIpc) is 2.55. The van der Waals surface area contributed by atoms with Crippen molar-refractivity contribution in [3.05, 3.63) is 23.8 Å². The molecular weight excluding hydrogens is 316 g/mol. The monoisotopic (exact) mass is 344 g/mol. The molecule has 2 amide bonds. The van der Waals surface area contributed by atoms with Gasteiger partial charge >= 0.3 is 0 Å². The van der Waals surface area contributed by atoms with Crippen LogP contribution in [0.2, 0.25) is 0 Å². The minimum absolute atomic E-state index is 0.0568. The van der Waals surface area contributed by atoms with Gasteiger partial charge in [0, 0.05) is 29.9 Å². The van der Waals surface area contributed by atoms with Crippen molar-refractivity contribution in [1.29, 1.82) is 5.26 Å². The molecule has 136 valence electrons. The number of aryl methyl sites for hydroxylation is 1. The van der Waals surface area contributed by atoms with Gasteiger partial charge in [-0.3, -0.25) is 9.59 Å². The summed E-state index contributed by atoms with van der Waals surface area (Å²) >= 11 is 0. The average molecular weight is 344 g/mol. The Morgan fingerprint density at radius 1 is 1.28 bits per heavy atom. The van der Waals surface area contributed by atoms with Crippen LogP contribution in [0.15, 0.2) is 18.2 Å². The number of carbonyl (C=O) groups is 2. The molecule has 6 nitrogen and oxygen atoms in total. The number of benzene rings is 1. The van der Waals surface area contributed by atoms with Gasteiger partial charge in [-0.05, 0) is 31.5 Å². The lowest BCUT2D eigenvalue weighted by atomic mass is 9.95. The summed E-state index contributed by atoms with van der Waals surface area (Å²) in [5.41, 5.74) is 1.97. The van der Waals surface area contributed by atoms with E-state index in [9.17, 15) is 9.59 Å². The van der Waals surface area contributed by atoms with Gasteiger partial charge in [-0.25, -0.2) is 0 Å². The Balaban J connectivity index is 2.74. The van der Waals surface area contributed by atoms with Crippen molar-refractivity contribution in [2.75, 3.05) is 30.3 Å². The van der Waals surface area contributed by atoms with Crippen molar-refractivity contribution in [1.82, 2.24) is 4.90 Å².